The third-order valence-corrected chi connectivity index (χ3v) is 15.9. The Kier molecular flexibility index (Phi) is 64.1. The second kappa shape index (κ2) is 66.7. The second-order valence-corrected chi connectivity index (χ2v) is 25.5. The summed E-state index contributed by atoms with van der Waals surface area (Å²) in [5.74, 6) is -2.27. The van der Waals surface area contributed by atoms with Crippen LogP contribution < -0.4 is 5.11 Å². The summed E-state index contributed by atoms with van der Waals surface area (Å²) >= 11 is 0. The molecular weight excluding hydrogens is 1050 g/mol. The number of hydrogen-bond acceptors (Lipinski definition) is 8. The zero-order valence-corrected chi connectivity index (χ0v) is 56.5. The van der Waals surface area contributed by atoms with E-state index in [0.717, 1.165) is 77.0 Å². The van der Waals surface area contributed by atoms with Gasteiger partial charge in [0.25, 0.3) is 0 Å². The summed E-state index contributed by atoms with van der Waals surface area (Å²) in [6.07, 6.45) is 85.7. The Morgan fingerprint density at radius 1 is 0.365 bits per heavy atom. The number of carbonyl (C=O) groups is 3. The van der Waals surface area contributed by atoms with Gasteiger partial charge in [-0.15, -0.1) is 0 Å². The molecule has 494 valence electrons. The van der Waals surface area contributed by atoms with E-state index in [1.54, 1.807) is 0 Å². The Bertz CT molecular complexity index is 1620. The van der Waals surface area contributed by atoms with E-state index < -0.39 is 24.3 Å². The molecule has 0 spiro atoms. The molecule has 0 bridgehead atoms. The average Bonchev–Trinajstić information content (AvgIpc) is 3.49. The Morgan fingerprint density at radius 3 is 1.00 bits per heavy atom. The van der Waals surface area contributed by atoms with Crippen LogP contribution in [0, 0.1) is 0 Å². The van der Waals surface area contributed by atoms with Gasteiger partial charge in [-0.05, 0) is 83.5 Å². The molecule has 85 heavy (non-hydrogen) atoms. The zero-order valence-electron chi connectivity index (χ0n) is 56.5. The minimum Gasteiger partial charge on any atom is -0.545 e. The van der Waals surface area contributed by atoms with Crippen LogP contribution in [0.15, 0.2) is 72.9 Å². The lowest BCUT2D eigenvalue weighted by Crippen LogP contribution is -2.44. The number of esters is 2. The maximum atomic E-state index is 12.9. The van der Waals surface area contributed by atoms with E-state index in [9.17, 15) is 19.5 Å². The largest absolute Gasteiger partial charge is 0.545 e. The standard InChI is InChI=1S/C76H137NO8/c1-6-8-10-12-14-16-18-20-22-24-26-28-30-31-32-33-34-35-36-37-38-39-40-41-42-43-45-46-48-50-52-54-56-58-60-62-64-66-73(78)83-70-72(71-84-76(75(80)81)82-69-68-77(3,4)5)85-74(79)67-65-63-61-59-57-55-53-51-49-47-44-29-27-25-23-21-19-17-15-13-11-9-7-2/h9,11,15,17-18,20-21,23-24,26-27,29,72,76H,6-8,10,12-14,16,19,22,25,28,30-71H2,1-5H3/b11-9-,17-15-,20-18-,23-21-,26-24-,29-27-. The zero-order chi connectivity index (χ0) is 61.9. The molecule has 0 aromatic carbocycles. The van der Waals surface area contributed by atoms with Crippen LogP contribution in [-0.4, -0.2) is 82.3 Å². The van der Waals surface area contributed by atoms with Crippen molar-refractivity contribution in [2.75, 3.05) is 47.5 Å². The van der Waals surface area contributed by atoms with E-state index in [1.165, 1.54) is 225 Å². The highest BCUT2D eigenvalue weighted by molar-refractivity contribution is 5.70. The van der Waals surface area contributed by atoms with Gasteiger partial charge < -0.3 is 33.3 Å². The molecule has 0 amide bonds. The van der Waals surface area contributed by atoms with Crippen molar-refractivity contribution in [2.45, 2.75) is 347 Å². The normalized spacial score (nSPS) is 13.1. The lowest BCUT2D eigenvalue weighted by molar-refractivity contribution is -0.870. The summed E-state index contributed by atoms with van der Waals surface area (Å²) < 4.78 is 22.8. The first-order chi connectivity index (χ1) is 41.6. The molecule has 0 aromatic heterocycles. The van der Waals surface area contributed by atoms with Crippen molar-refractivity contribution in [1.82, 2.24) is 0 Å². The van der Waals surface area contributed by atoms with E-state index in [4.69, 9.17) is 18.9 Å². The Morgan fingerprint density at radius 2 is 0.671 bits per heavy atom. The number of rotatable bonds is 67. The van der Waals surface area contributed by atoms with E-state index in [2.05, 4.69) is 86.8 Å². The molecule has 0 aliphatic rings. The minimum atomic E-state index is -1.62. The van der Waals surface area contributed by atoms with Gasteiger partial charge in [0, 0.05) is 12.8 Å². The summed E-state index contributed by atoms with van der Waals surface area (Å²) in [7, 11) is 5.93. The number of carboxylic acids is 1. The molecule has 0 radical (unpaired) electrons. The molecule has 0 aliphatic heterocycles. The number of carbonyl (C=O) groups excluding carboxylic acids is 3. The number of carboxylic acid groups (broad SMARTS) is 1. The van der Waals surface area contributed by atoms with E-state index >= 15 is 0 Å². The smallest absolute Gasteiger partial charge is 0.306 e. The summed E-state index contributed by atoms with van der Waals surface area (Å²) in [5, 5.41) is 11.8. The van der Waals surface area contributed by atoms with E-state index in [-0.39, 0.29) is 32.2 Å². The second-order valence-electron chi connectivity index (χ2n) is 25.5. The first-order valence-electron chi connectivity index (χ1n) is 36.1. The SMILES string of the molecule is CC/C=C\C/C=C\C/C=C\C/C=C\CCCCCCCCCCCCC(=O)OC(COC(=O)CCCCCCCCCCCCCCCCCCCCCCCCCCC/C=C\C/C=C\CCCCCCC)COC(OCC[N+](C)(C)C)C(=O)[O-]. The Hall–Kier alpha value is -3.27. The number of aliphatic carboxylic acids is 1. The van der Waals surface area contributed by atoms with Crippen LogP contribution in [0.1, 0.15) is 335 Å². The molecule has 2 atom stereocenters. The number of hydrogen-bond donors (Lipinski definition) is 0. The van der Waals surface area contributed by atoms with Gasteiger partial charge in [-0.2, -0.15) is 0 Å². The molecule has 0 heterocycles. The van der Waals surface area contributed by atoms with Gasteiger partial charge in [0.05, 0.1) is 40.3 Å². The molecule has 9 nitrogen and oxygen atoms in total. The third-order valence-electron chi connectivity index (χ3n) is 15.9. The topological polar surface area (TPSA) is 111 Å². The van der Waals surface area contributed by atoms with Crippen molar-refractivity contribution in [3.63, 3.8) is 0 Å². The van der Waals surface area contributed by atoms with Gasteiger partial charge >= 0.3 is 11.9 Å². The van der Waals surface area contributed by atoms with Crippen LogP contribution in [0.4, 0.5) is 0 Å². The molecule has 0 saturated heterocycles. The van der Waals surface area contributed by atoms with E-state index in [0.29, 0.717) is 23.9 Å². The first-order valence-corrected chi connectivity index (χ1v) is 36.1. The van der Waals surface area contributed by atoms with Crippen molar-refractivity contribution in [3.8, 4) is 0 Å². The van der Waals surface area contributed by atoms with Crippen molar-refractivity contribution >= 4 is 17.9 Å². The lowest BCUT2D eigenvalue weighted by atomic mass is 10.0. The van der Waals surface area contributed by atoms with Gasteiger partial charge in [0.2, 0.25) is 0 Å². The van der Waals surface area contributed by atoms with Crippen molar-refractivity contribution in [1.29, 1.82) is 0 Å². The molecule has 0 aromatic rings. The van der Waals surface area contributed by atoms with Crippen LogP contribution in [0.3, 0.4) is 0 Å². The van der Waals surface area contributed by atoms with Crippen molar-refractivity contribution in [3.05, 3.63) is 72.9 Å². The number of quaternary nitrogens is 1. The van der Waals surface area contributed by atoms with E-state index in [1.807, 2.05) is 21.1 Å². The van der Waals surface area contributed by atoms with Crippen LogP contribution in [-0.2, 0) is 33.3 Å². The maximum absolute atomic E-state index is 12.9. The predicted octanol–water partition coefficient (Wildman–Crippen LogP) is 21.1. The molecular formula is C76H137NO8. The van der Waals surface area contributed by atoms with Crippen LogP contribution in [0.2, 0.25) is 0 Å². The fourth-order valence-corrected chi connectivity index (χ4v) is 10.4. The van der Waals surface area contributed by atoms with Gasteiger partial charge in [0.15, 0.2) is 12.4 Å². The average molecular weight is 1190 g/mol. The van der Waals surface area contributed by atoms with Crippen molar-refractivity contribution < 1.29 is 42.9 Å². The number of ether oxygens (including phenoxy) is 4. The lowest BCUT2D eigenvalue weighted by Gasteiger charge is -2.26. The first kappa shape index (κ1) is 81.7. The summed E-state index contributed by atoms with van der Waals surface area (Å²) in [5.41, 5.74) is 0. The monoisotopic (exact) mass is 1190 g/mol. The summed E-state index contributed by atoms with van der Waals surface area (Å²) in [6, 6.07) is 0. The Labute approximate surface area is 526 Å². The molecule has 0 rings (SSSR count). The maximum Gasteiger partial charge on any atom is 0.306 e. The highest BCUT2D eigenvalue weighted by Crippen LogP contribution is 2.18. The molecule has 0 fully saturated rings. The number of allylic oxidation sites excluding steroid dienone is 12. The molecule has 2 unspecified atom stereocenters. The number of likely N-dealkylation sites (N-methyl/N-ethyl adjacent to an activating group) is 1. The minimum absolute atomic E-state index is 0.146. The quantitative estimate of drug-likeness (QED) is 0.0195. The molecule has 9 heteroatoms. The van der Waals surface area contributed by atoms with Gasteiger partial charge in [-0.3, -0.25) is 9.59 Å². The third kappa shape index (κ3) is 68.1. The van der Waals surface area contributed by atoms with Gasteiger partial charge in [0.1, 0.15) is 13.2 Å². The fourth-order valence-electron chi connectivity index (χ4n) is 10.4. The van der Waals surface area contributed by atoms with Crippen molar-refractivity contribution in [2.24, 2.45) is 0 Å². The fraction of sp³-hybridized carbons (Fsp3) is 0.803. The van der Waals surface area contributed by atoms with Gasteiger partial charge in [-0.25, -0.2) is 0 Å². The van der Waals surface area contributed by atoms with Crippen LogP contribution in [0.5, 0.6) is 0 Å². The highest BCUT2D eigenvalue weighted by atomic mass is 16.7. The summed E-state index contributed by atoms with van der Waals surface area (Å²) in [4.78, 5) is 37.5. The molecule has 0 aliphatic carbocycles. The highest BCUT2D eigenvalue weighted by Gasteiger charge is 2.22. The molecule has 0 saturated carbocycles. The Balaban J connectivity index is 4.01. The predicted molar refractivity (Wildman–Crippen MR) is 361 cm³/mol. The number of unbranched alkanes of at least 4 members (excludes halogenated alkanes) is 40. The number of nitrogens with zero attached hydrogens (tertiary/aromatic N) is 1. The molecule has 0 N–H and O–H groups in total. The van der Waals surface area contributed by atoms with Gasteiger partial charge in [-0.1, -0.05) is 311 Å². The summed E-state index contributed by atoms with van der Waals surface area (Å²) in [6.45, 7) is 4.66. The van der Waals surface area contributed by atoms with Crippen LogP contribution >= 0.6 is 0 Å². The van der Waals surface area contributed by atoms with Crippen LogP contribution in [0.25, 0.3) is 0 Å².